The zero-order valence-corrected chi connectivity index (χ0v) is 20.0. The van der Waals surface area contributed by atoms with Crippen molar-refractivity contribution in [1.29, 1.82) is 0 Å². The van der Waals surface area contributed by atoms with Crippen LogP contribution in [0.5, 0.6) is 5.88 Å². The second kappa shape index (κ2) is 9.78. The second-order valence-electron chi connectivity index (χ2n) is 9.54. The Kier molecular flexibility index (Phi) is 6.69. The van der Waals surface area contributed by atoms with E-state index in [1.54, 1.807) is 13.0 Å². The average Bonchev–Trinajstić information content (AvgIpc) is 3.24. The number of anilines is 2. The maximum absolute atomic E-state index is 14.9. The van der Waals surface area contributed by atoms with Crippen molar-refractivity contribution in [2.45, 2.75) is 19.3 Å². The number of aryl methyl sites for hydroxylation is 1. The number of hydrogen-bond donors (Lipinski definition) is 2. The van der Waals surface area contributed by atoms with Gasteiger partial charge in [-0.1, -0.05) is 0 Å². The minimum absolute atomic E-state index is 0.0332. The summed E-state index contributed by atoms with van der Waals surface area (Å²) in [5.41, 5.74) is 1.96. The molecule has 0 radical (unpaired) electrons. The van der Waals surface area contributed by atoms with Gasteiger partial charge >= 0.3 is 6.03 Å². The Morgan fingerprint density at radius 3 is 2.72 bits per heavy atom. The fourth-order valence-corrected chi connectivity index (χ4v) is 5.16. The van der Waals surface area contributed by atoms with Crippen LogP contribution in [0, 0.1) is 24.6 Å². The summed E-state index contributed by atoms with van der Waals surface area (Å²) in [6.07, 6.45) is -0.210. The molecule has 0 spiro atoms. The Bertz CT molecular complexity index is 1140. The van der Waals surface area contributed by atoms with Crippen LogP contribution < -0.4 is 15.0 Å². The molecule has 2 aliphatic heterocycles. The number of ether oxygens (including phenoxy) is 2. The maximum Gasteiger partial charge on any atom is 0.321 e. The minimum Gasteiger partial charge on any atom is -0.475 e. The van der Waals surface area contributed by atoms with Gasteiger partial charge < -0.3 is 29.7 Å². The lowest BCUT2D eigenvalue weighted by atomic mass is 9.72. The second-order valence-corrected chi connectivity index (χ2v) is 9.54. The highest BCUT2D eigenvalue weighted by Crippen LogP contribution is 2.52. The number of carbonyl (C=O) groups is 1. The van der Waals surface area contributed by atoms with E-state index in [1.165, 1.54) is 17.0 Å². The highest BCUT2D eigenvalue weighted by molar-refractivity contribution is 5.91. The third-order valence-corrected chi connectivity index (χ3v) is 7.14. The van der Waals surface area contributed by atoms with Gasteiger partial charge in [0, 0.05) is 44.6 Å². The zero-order chi connectivity index (χ0) is 25.4. The molecule has 3 fully saturated rings. The first kappa shape index (κ1) is 24.6. The van der Waals surface area contributed by atoms with Gasteiger partial charge in [-0.15, -0.1) is 0 Å². The molecule has 2 aromatic rings. The number of pyridine rings is 1. The summed E-state index contributed by atoms with van der Waals surface area (Å²) in [5.74, 6) is -3.42. The molecule has 11 heteroatoms. The number of aliphatic hydroxyl groups is 1. The Hall–Kier alpha value is -3.05. The van der Waals surface area contributed by atoms with Gasteiger partial charge in [0.05, 0.1) is 25.5 Å². The molecule has 2 N–H and O–H groups in total. The van der Waals surface area contributed by atoms with Crippen molar-refractivity contribution in [2.75, 3.05) is 62.8 Å². The number of rotatable bonds is 6. The summed E-state index contributed by atoms with van der Waals surface area (Å²) < 4.78 is 53.3. The molecule has 8 nitrogen and oxygen atoms in total. The summed E-state index contributed by atoms with van der Waals surface area (Å²) in [4.78, 5) is 20.7. The number of nitrogens with zero attached hydrogens (tertiary/aromatic N) is 3. The number of aromatic nitrogens is 1. The Morgan fingerprint density at radius 1 is 1.25 bits per heavy atom. The largest absolute Gasteiger partial charge is 0.475 e. The molecule has 194 valence electrons. The van der Waals surface area contributed by atoms with E-state index in [1.807, 2.05) is 6.07 Å². The van der Waals surface area contributed by atoms with Crippen LogP contribution >= 0.6 is 0 Å². The monoisotopic (exact) mass is 506 g/mol. The van der Waals surface area contributed by atoms with Crippen LogP contribution in [0.15, 0.2) is 24.3 Å². The van der Waals surface area contributed by atoms with Crippen molar-refractivity contribution < 1.29 is 32.5 Å². The highest BCUT2D eigenvalue weighted by atomic mass is 19.3. The molecule has 2 amide bonds. The summed E-state index contributed by atoms with van der Waals surface area (Å²) in [5, 5.41) is 11.7. The molecule has 1 aromatic carbocycles. The third kappa shape index (κ3) is 4.81. The van der Waals surface area contributed by atoms with Crippen molar-refractivity contribution in [3.8, 4) is 17.0 Å². The fourth-order valence-electron chi connectivity index (χ4n) is 5.16. The SMILES string of the molecule is Cc1cc(F)c(NC(=O)N2CC3CC(F)(F)C3C2)cc1-c1cc(OCCO)nc(N2CCOCC2)c1. The summed E-state index contributed by atoms with van der Waals surface area (Å²) in [7, 11) is 0. The van der Waals surface area contributed by atoms with Gasteiger partial charge in [0.25, 0.3) is 5.92 Å². The van der Waals surface area contributed by atoms with Crippen LogP contribution in [-0.4, -0.2) is 79.6 Å². The van der Waals surface area contributed by atoms with Crippen LogP contribution in [0.3, 0.4) is 0 Å². The number of aliphatic hydroxyl groups excluding tert-OH is 1. The van der Waals surface area contributed by atoms with Crippen molar-refractivity contribution in [3.05, 3.63) is 35.6 Å². The lowest BCUT2D eigenvalue weighted by Crippen LogP contribution is -2.46. The van der Waals surface area contributed by atoms with E-state index in [2.05, 4.69) is 15.2 Å². The van der Waals surface area contributed by atoms with E-state index in [0.29, 0.717) is 54.7 Å². The van der Waals surface area contributed by atoms with Crippen molar-refractivity contribution in [3.63, 3.8) is 0 Å². The highest BCUT2D eigenvalue weighted by Gasteiger charge is 2.60. The van der Waals surface area contributed by atoms with E-state index >= 15 is 0 Å². The molecule has 1 saturated carbocycles. The first-order valence-electron chi connectivity index (χ1n) is 12.1. The Balaban J connectivity index is 1.41. The summed E-state index contributed by atoms with van der Waals surface area (Å²) in [6.45, 7) is 4.28. The smallest absolute Gasteiger partial charge is 0.321 e. The molecule has 0 bridgehead atoms. The van der Waals surface area contributed by atoms with Gasteiger partial charge in [-0.05, 0) is 47.7 Å². The topological polar surface area (TPSA) is 87.2 Å². The number of fused-ring (bicyclic) bond motifs is 1. The van der Waals surface area contributed by atoms with Crippen molar-refractivity contribution in [1.82, 2.24) is 9.88 Å². The number of hydrogen-bond acceptors (Lipinski definition) is 6. The van der Waals surface area contributed by atoms with E-state index in [-0.39, 0.29) is 44.3 Å². The first-order chi connectivity index (χ1) is 17.2. The first-order valence-corrected chi connectivity index (χ1v) is 12.1. The molecular formula is C25H29F3N4O4. The Labute approximate surface area is 207 Å². The molecule has 3 heterocycles. The van der Waals surface area contributed by atoms with Gasteiger partial charge in [-0.25, -0.2) is 18.0 Å². The van der Waals surface area contributed by atoms with Crippen LogP contribution in [0.2, 0.25) is 0 Å². The van der Waals surface area contributed by atoms with Gasteiger partial charge in [0.2, 0.25) is 5.88 Å². The quantitative estimate of drug-likeness (QED) is 0.624. The summed E-state index contributed by atoms with van der Waals surface area (Å²) in [6, 6.07) is 5.84. The lowest BCUT2D eigenvalue weighted by Gasteiger charge is -2.38. The molecule has 2 atom stereocenters. The molecule has 1 aliphatic carbocycles. The molecular weight excluding hydrogens is 477 g/mol. The predicted molar refractivity (Wildman–Crippen MR) is 127 cm³/mol. The lowest BCUT2D eigenvalue weighted by molar-refractivity contribution is -0.152. The van der Waals surface area contributed by atoms with Crippen LogP contribution in [0.25, 0.3) is 11.1 Å². The number of likely N-dealkylation sites (tertiary alicyclic amines) is 1. The van der Waals surface area contributed by atoms with E-state index in [9.17, 15) is 23.1 Å². The minimum atomic E-state index is -2.74. The van der Waals surface area contributed by atoms with Gasteiger partial charge in [-0.2, -0.15) is 4.98 Å². The van der Waals surface area contributed by atoms with E-state index in [0.717, 1.165) is 0 Å². The van der Waals surface area contributed by atoms with Crippen molar-refractivity contribution >= 4 is 17.5 Å². The third-order valence-electron chi connectivity index (χ3n) is 7.14. The molecule has 1 aromatic heterocycles. The molecule has 3 aliphatic rings. The number of nitrogens with one attached hydrogen (secondary N) is 1. The van der Waals surface area contributed by atoms with E-state index in [4.69, 9.17) is 9.47 Å². The number of alkyl halides is 2. The summed E-state index contributed by atoms with van der Waals surface area (Å²) >= 11 is 0. The fraction of sp³-hybridized carbons (Fsp3) is 0.520. The normalized spacial score (nSPS) is 22.7. The van der Waals surface area contributed by atoms with Crippen LogP contribution in [0.4, 0.5) is 29.5 Å². The van der Waals surface area contributed by atoms with Crippen LogP contribution in [0.1, 0.15) is 12.0 Å². The molecule has 2 unspecified atom stereocenters. The standard InChI is InChI=1S/C25H29F3N4O4/c1-15-8-20(26)21(29-24(34)32-13-17-12-25(27,28)19(17)14-32)11-18(15)16-9-22(31-2-5-35-6-3-31)30-23(10-16)36-7-4-33/h8-11,17,19,33H,2-7,12-14H2,1H3,(H,29,34). The Morgan fingerprint density at radius 2 is 2.03 bits per heavy atom. The number of urea groups is 1. The molecule has 5 rings (SSSR count). The maximum atomic E-state index is 14.9. The number of halogens is 3. The number of carbonyl (C=O) groups excluding carboxylic acids is 1. The van der Waals surface area contributed by atoms with Crippen LogP contribution in [-0.2, 0) is 4.74 Å². The average molecular weight is 507 g/mol. The number of amides is 2. The predicted octanol–water partition coefficient (Wildman–Crippen LogP) is 3.52. The van der Waals surface area contributed by atoms with Gasteiger partial charge in [0.1, 0.15) is 18.2 Å². The van der Waals surface area contributed by atoms with E-state index < -0.39 is 23.7 Å². The molecule has 36 heavy (non-hydrogen) atoms. The van der Waals surface area contributed by atoms with Gasteiger partial charge in [-0.3, -0.25) is 0 Å². The zero-order valence-electron chi connectivity index (χ0n) is 20.0. The number of morpholine rings is 1. The van der Waals surface area contributed by atoms with Gasteiger partial charge in [0.15, 0.2) is 0 Å². The van der Waals surface area contributed by atoms with Crippen molar-refractivity contribution in [2.24, 2.45) is 11.8 Å². The molecule has 2 saturated heterocycles. The number of benzene rings is 1.